The second-order valence-corrected chi connectivity index (χ2v) is 8.56. The summed E-state index contributed by atoms with van der Waals surface area (Å²) in [6.45, 7) is 7.54. The molecule has 126 valence electrons. The van der Waals surface area contributed by atoms with E-state index in [0.29, 0.717) is 19.0 Å². The Balaban J connectivity index is 1.67. The highest BCUT2D eigenvalue weighted by Crippen LogP contribution is 2.59. The molecule has 0 bridgehead atoms. The first kappa shape index (κ1) is 16.4. The lowest BCUT2D eigenvalue weighted by molar-refractivity contribution is -0.139. The van der Waals surface area contributed by atoms with Crippen molar-refractivity contribution in [2.45, 2.75) is 46.5 Å². The maximum atomic E-state index is 12.8. The van der Waals surface area contributed by atoms with Crippen molar-refractivity contribution < 1.29 is 14.7 Å². The number of piperidine rings is 1. The second-order valence-electron chi connectivity index (χ2n) is 7.36. The van der Waals surface area contributed by atoms with E-state index in [1.54, 1.807) is 0 Å². The molecule has 2 aliphatic rings. The van der Waals surface area contributed by atoms with E-state index in [2.05, 4.69) is 18.8 Å². The zero-order valence-electron chi connectivity index (χ0n) is 14.0. The zero-order chi connectivity index (χ0) is 16.8. The minimum atomic E-state index is -0.679. The molecule has 5 nitrogen and oxygen atoms in total. The van der Waals surface area contributed by atoms with Gasteiger partial charge in [0.05, 0.1) is 16.6 Å². The predicted octanol–water partition coefficient (Wildman–Crippen LogP) is 2.98. The van der Waals surface area contributed by atoms with E-state index in [0.717, 1.165) is 41.3 Å². The number of carbonyl (C=O) groups excluding carboxylic acids is 1. The molecule has 3 rings (SSSR count). The van der Waals surface area contributed by atoms with E-state index in [9.17, 15) is 9.59 Å². The number of aromatic nitrogens is 1. The van der Waals surface area contributed by atoms with Gasteiger partial charge in [-0.05, 0) is 43.9 Å². The quantitative estimate of drug-likeness (QED) is 0.917. The molecule has 1 aliphatic heterocycles. The molecule has 1 aromatic rings. The number of nitrogens with zero attached hydrogens (tertiary/aromatic N) is 2. The molecule has 1 N–H and O–H groups in total. The first-order valence-corrected chi connectivity index (χ1v) is 9.12. The Morgan fingerprint density at radius 1 is 1.39 bits per heavy atom. The monoisotopic (exact) mass is 336 g/mol. The smallest absolute Gasteiger partial charge is 0.307 e. The van der Waals surface area contributed by atoms with Crippen LogP contribution in [0.4, 0.5) is 0 Å². The average Bonchev–Trinajstić information content (AvgIpc) is 3.06. The molecule has 23 heavy (non-hydrogen) atoms. The predicted molar refractivity (Wildman–Crippen MR) is 88.7 cm³/mol. The van der Waals surface area contributed by atoms with Crippen LogP contribution in [-0.4, -0.2) is 40.0 Å². The lowest BCUT2D eigenvalue weighted by atomic mass is 9.90. The molecule has 0 aromatic carbocycles. The van der Waals surface area contributed by atoms with Gasteiger partial charge in [-0.15, -0.1) is 11.3 Å². The van der Waals surface area contributed by atoms with Crippen molar-refractivity contribution >= 4 is 23.2 Å². The summed E-state index contributed by atoms with van der Waals surface area (Å²) in [4.78, 5) is 31.2. The number of carboxylic acids is 1. The number of aryl methyl sites for hydroxylation is 1. The van der Waals surface area contributed by atoms with Crippen LogP contribution in [0.5, 0.6) is 0 Å². The third kappa shape index (κ3) is 3.13. The molecular weight excluding hydrogens is 312 g/mol. The van der Waals surface area contributed by atoms with Gasteiger partial charge in [0.1, 0.15) is 4.88 Å². The Bertz CT molecular complexity index is 630. The summed E-state index contributed by atoms with van der Waals surface area (Å²) in [6, 6.07) is 0. The molecular formula is C17H24N2O3S. The molecule has 1 saturated carbocycles. The fourth-order valence-electron chi connectivity index (χ4n) is 3.71. The minimum absolute atomic E-state index is 0.0347. The van der Waals surface area contributed by atoms with Gasteiger partial charge in [0, 0.05) is 13.1 Å². The van der Waals surface area contributed by atoms with Crippen LogP contribution in [0, 0.1) is 24.2 Å². The Hall–Kier alpha value is -1.43. The summed E-state index contributed by atoms with van der Waals surface area (Å²) in [7, 11) is 0. The van der Waals surface area contributed by atoms with E-state index in [-0.39, 0.29) is 17.2 Å². The van der Waals surface area contributed by atoms with E-state index < -0.39 is 5.97 Å². The van der Waals surface area contributed by atoms with Gasteiger partial charge in [0.2, 0.25) is 0 Å². The van der Waals surface area contributed by atoms with Crippen molar-refractivity contribution in [2.24, 2.45) is 17.3 Å². The van der Waals surface area contributed by atoms with Crippen LogP contribution in [0.1, 0.15) is 53.5 Å². The highest BCUT2D eigenvalue weighted by Gasteiger charge is 2.59. The molecule has 1 saturated heterocycles. The molecule has 6 heteroatoms. The molecule has 1 aliphatic carbocycles. The van der Waals surface area contributed by atoms with Crippen LogP contribution < -0.4 is 0 Å². The summed E-state index contributed by atoms with van der Waals surface area (Å²) in [5.74, 6) is -0.326. The van der Waals surface area contributed by atoms with Crippen LogP contribution in [0.2, 0.25) is 0 Å². The number of hydrogen-bond acceptors (Lipinski definition) is 4. The third-order valence-electron chi connectivity index (χ3n) is 5.13. The van der Waals surface area contributed by atoms with Gasteiger partial charge >= 0.3 is 5.97 Å². The highest BCUT2D eigenvalue weighted by molar-refractivity contribution is 7.13. The molecule has 1 aromatic heterocycles. The number of amides is 1. The minimum Gasteiger partial charge on any atom is -0.481 e. The van der Waals surface area contributed by atoms with Crippen LogP contribution in [-0.2, 0) is 11.2 Å². The van der Waals surface area contributed by atoms with Gasteiger partial charge in [-0.3, -0.25) is 9.59 Å². The van der Waals surface area contributed by atoms with Crippen molar-refractivity contribution in [3.8, 4) is 0 Å². The zero-order valence-corrected chi connectivity index (χ0v) is 14.8. The maximum absolute atomic E-state index is 12.8. The van der Waals surface area contributed by atoms with E-state index >= 15 is 0 Å². The van der Waals surface area contributed by atoms with Gasteiger partial charge in [0.25, 0.3) is 5.91 Å². The lowest BCUT2D eigenvalue weighted by Gasteiger charge is -2.32. The van der Waals surface area contributed by atoms with Crippen LogP contribution in [0.3, 0.4) is 0 Å². The fourth-order valence-corrected chi connectivity index (χ4v) is 4.63. The van der Waals surface area contributed by atoms with Gasteiger partial charge in [-0.25, -0.2) is 4.98 Å². The number of hydrogen-bond donors (Lipinski definition) is 1. The first-order chi connectivity index (χ1) is 10.8. The van der Waals surface area contributed by atoms with E-state index in [1.165, 1.54) is 11.3 Å². The Labute approximate surface area is 140 Å². The number of carboxylic acid groups (broad SMARTS) is 1. The van der Waals surface area contributed by atoms with Crippen molar-refractivity contribution in [3.05, 3.63) is 15.6 Å². The molecule has 0 radical (unpaired) electrons. The van der Waals surface area contributed by atoms with Crippen molar-refractivity contribution in [3.63, 3.8) is 0 Å². The summed E-state index contributed by atoms with van der Waals surface area (Å²) >= 11 is 1.48. The molecule has 1 unspecified atom stereocenters. The van der Waals surface area contributed by atoms with Crippen LogP contribution >= 0.6 is 11.3 Å². The van der Waals surface area contributed by atoms with Crippen molar-refractivity contribution in [2.75, 3.05) is 13.1 Å². The Kier molecular flexibility index (Phi) is 4.21. The van der Waals surface area contributed by atoms with Crippen molar-refractivity contribution in [1.29, 1.82) is 0 Å². The van der Waals surface area contributed by atoms with E-state index in [1.807, 2.05) is 11.8 Å². The molecule has 2 fully saturated rings. The van der Waals surface area contributed by atoms with Crippen LogP contribution in [0.15, 0.2) is 0 Å². The van der Waals surface area contributed by atoms with Crippen LogP contribution in [0.25, 0.3) is 0 Å². The summed E-state index contributed by atoms with van der Waals surface area (Å²) < 4.78 is 0. The second kappa shape index (κ2) is 5.89. The average molecular weight is 336 g/mol. The summed E-state index contributed by atoms with van der Waals surface area (Å²) in [6.07, 6.45) is 3.23. The van der Waals surface area contributed by atoms with Gasteiger partial charge < -0.3 is 10.0 Å². The van der Waals surface area contributed by atoms with Gasteiger partial charge in [-0.2, -0.15) is 0 Å². The maximum Gasteiger partial charge on any atom is 0.307 e. The van der Waals surface area contributed by atoms with Gasteiger partial charge in [-0.1, -0.05) is 13.8 Å². The van der Waals surface area contributed by atoms with E-state index in [4.69, 9.17) is 5.11 Å². The molecule has 1 amide bonds. The number of thiazole rings is 1. The summed E-state index contributed by atoms with van der Waals surface area (Å²) in [5, 5.41) is 10.1. The Morgan fingerprint density at radius 3 is 2.57 bits per heavy atom. The normalized spacial score (nSPS) is 22.6. The number of likely N-dealkylation sites (tertiary alicyclic amines) is 1. The third-order valence-corrected chi connectivity index (χ3v) is 6.14. The molecule has 1 spiro atoms. The number of aliphatic carboxylic acids is 1. The topological polar surface area (TPSA) is 70.5 Å². The molecule has 2 heterocycles. The fraction of sp³-hybridized carbons (Fsp3) is 0.706. The molecule has 1 atom stereocenters. The SMILES string of the molecule is Cc1nc(CC(C)C)c(C(=O)N2CCC3(CC2)CC3C(=O)O)s1. The Morgan fingerprint density at radius 2 is 2.04 bits per heavy atom. The standard InChI is InChI=1S/C17H24N2O3S/c1-10(2)8-13-14(23-11(3)18-13)15(20)19-6-4-17(5-7-19)9-12(17)16(21)22/h10,12H,4-9H2,1-3H3,(H,21,22). The largest absolute Gasteiger partial charge is 0.481 e. The van der Waals surface area contributed by atoms with Gasteiger partial charge in [0.15, 0.2) is 0 Å². The van der Waals surface area contributed by atoms with Crippen molar-refractivity contribution in [1.82, 2.24) is 9.88 Å². The lowest BCUT2D eigenvalue weighted by Crippen LogP contribution is -2.40. The first-order valence-electron chi connectivity index (χ1n) is 8.31. The summed E-state index contributed by atoms with van der Waals surface area (Å²) in [5.41, 5.74) is 0.884. The number of carbonyl (C=O) groups is 2. The number of rotatable bonds is 4. The highest BCUT2D eigenvalue weighted by atomic mass is 32.1.